The van der Waals surface area contributed by atoms with Crippen LogP contribution >= 0.6 is 0 Å². The summed E-state index contributed by atoms with van der Waals surface area (Å²) in [6.07, 6.45) is 1.35. The molecule has 1 atom stereocenters. The standard InChI is InChI=1S/C12H15NO5/c1-4-18-12(17)7(2)13-6-9(8(3)14)5-10(13)11(15)16/h5-7H,4H2,1-3H3,(H,15,16). The summed E-state index contributed by atoms with van der Waals surface area (Å²) in [7, 11) is 0. The summed E-state index contributed by atoms with van der Waals surface area (Å²) in [6, 6.07) is 0.463. The van der Waals surface area contributed by atoms with E-state index >= 15 is 0 Å². The van der Waals surface area contributed by atoms with Crippen molar-refractivity contribution in [3.8, 4) is 0 Å². The van der Waals surface area contributed by atoms with Crippen LogP contribution in [0.2, 0.25) is 0 Å². The first-order chi connectivity index (χ1) is 8.38. The minimum absolute atomic E-state index is 0.110. The Balaban J connectivity index is 3.17. The van der Waals surface area contributed by atoms with Crippen LogP contribution in [-0.2, 0) is 9.53 Å². The fourth-order valence-electron chi connectivity index (χ4n) is 1.54. The van der Waals surface area contributed by atoms with Crippen LogP contribution in [0.5, 0.6) is 0 Å². The summed E-state index contributed by atoms with van der Waals surface area (Å²) >= 11 is 0. The Bertz CT molecular complexity index is 489. The minimum atomic E-state index is -1.20. The van der Waals surface area contributed by atoms with Gasteiger partial charge in [-0.15, -0.1) is 0 Å². The number of carboxylic acid groups (broad SMARTS) is 1. The van der Waals surface area contributed by atoms with Crippen molar-refractivity contribution in [2.75, 3.05) is 6.61 Å². The average molecular weight is 253 g/mol. The molecule has 0 fully saturated rings. The maximum atomic E-state index is 11.6. The molecule has 6 heteroatoms. The van der Waals surface area contributed by atoms with Crippen molar-refractivity contribution in [3.05, 3.63) is 23.5 Å². The maximum Gasteiger partial charge on any atom is 0.352 e. The van der Waals surface area contributed by atoms with E-state index in [1.54, 1.807) is 6.92 Å². The zero-order valence-electron chi connectivity index (χ0n) is 10.5. The Kier molecular flexibility index (Phi) is 4.25. The number of carbonyl (C=O) groups excluding carboxylic acids is 2. The predicted octanol–water partition coefficient (Wildman–Crippen LogP) is 1.51. The van der Waals surface area contributed by atoms with Gasteiger partial charge in [-0.2, -0.15) is 0 Å². The Morgan fingerprint density at radius 2 is 2.06 bits per heavy atom. The van der Waals surface area contributed by atoms with Gasteiger partial charge in [0.1, 0.15) is 11.7 Å². The van der Waals surface area contributed by atoms with E-state index in [0.717, 1.165) is 0 Å². The fraction of sp³-hybridized carbons (Fsp3) is 0.417. The lowest BCUT2D eigenvalue weighted by Crippen LogP contribution is -2.21. The number of aromatic carboxylic acids is 1. The molecule has 6 nitrogen and oxygen atoms in total. The summed E-state index contributed by atoms with van der Waals surface area (Å²) in [5.74, 6) is -1.99. The van der Waals surface area contributed by atoms with Crippen LogP contribution < -0.4 is 0 Å². The molecule has 1 rings (SSSR count). The number of aromatic nitrogens is 1. The third-order valence-corrected chi connectivity index (χ3v) is 2.52. The number of rotatable bonds is 5. The Morgan fingerprint density at radius 3 is 2.50 bits per heavy atom. The van der Waals surface area contributed by atoms with Crippen molar-refractivity contribution in [3.63, 3.8) is 0 Å². The summed E-state index contributed by atoms with van der Waals surface area (Å²) < 4.78 is 6.06. The number of hydrogen-bond donors (Lipinski definition) is 1. The molecule has 0 saturated carbocycles. The number of hydrogen-bond acceptors (Lipinski definition) is 4. The molecule has 0 aliphatic carbocycles. The Morgan fingerprint density at radius 1 is 1.44 bits per heavy atom. The molecule has 0 spiro atoms. The van der Waals surface area contributed by atoms with Crippen LogP contribution in [0.15, 0.2) is 12.3 Å². The summed E-state index contributed by atoms with van der Waals surface area (Å²) in [5, 5.41) is 9.04. The number of carboxylic acids is 1. The fourth-order valence-corrected chi connectivity index (χ4v) is 1.54. The molecule has 0 aliphatic heterocycles. The van der Waals surface area contributed by atoms with Crippen molar-refractivity contribution < 1.29 is 24.2 Å². The molecule has 0 amide bonds. The second-order valence-corrected chi connectivity index (χ2v) is 3.81. The molecular weight excluding hydrogens is 238 g/mol. The highest BCUT2D eigenvalue weighted by Gasteiger charge is 2.23. The predicted molar refractivity (Wildman–Crippen MR) is 62.7 cm³/mol. The van der Waals surface area contributed by atoms with Crippen LogP contribution in [0.25, 0.3) is 0 Å². The number of carbonyl (C=O) groups is 3. The largest absolute Gasteiger partial charge is 0.477 e. The maximum absolute atomic E-state index is 11.6. The normalized spacial score (nSPS) is 11.9. The Labute approximate surface area is 104 Å². The lowest BCUT2D eigenvalue weighted by Gasteiger charge is -2.14. The lowest BCUT2D eigenvalue weighted by molar-refractivity contribution is -0.146. The van der Waals surface area contributed by atoms with Crippen molar-refractivity contribution >= 4 is 17.7 Å². The van der Waals surface area contributed by atoms with Crippen LogP contribution in [0.4, 0.5) is 0 Å². The highest BCUT2D eigenvalue weighted by Crippen LogP contribution is 2.17. The van der Waals surface area contributed by atoms with Crippen molar-refractivity contribution in [1.82, 2.24) is 4.57 Å². The third kappa shape index (κ3) is 2.77. The first kappa shape index (κ1) is 14.0. The molecule has 1 N–H and O–H groups in total. The monoisotopic (exact) mass is 253 g/mol. The average Bonchev–Trinajstić information content (AvgIpc) is 2.73. The highest BCUT2D eigenvalue weighted by atomic mass is 16.5. The second kappa shape index (κ2) is 5.48. The van der Waals surface area contributed by atoms with E-state index in [-0.39, 0.29) is 23.6 Å². The van der Waals surface area contributed by atoms with E-state index in [2.05, 4.69) is 0 Å². The van der Waals surface area contributed by atoms with Gasteiger partial charge in [-0.05, 0) is 26.8 Å². The smallest absolute Gasteiger partial charge is 0.352 e. The van der Waals surface area contributed by atoms with Crippen molar-refractivity contribution in [2.45, 2.75) is 26.8 Å². The van der Waals surface area contributed by atoms with Crippen LogP contribution in [0.3, 0.4) is 0 Å². The summed E-state index contributed by atoms with van der Waals surface area (Å²) in [6.45, 7) is 4.74. The molecule has 0 aliphatic rings. The van der Waals surface area contributed by atoms with Gasteiger partial charge in [0.2, 0.25) is 0 Å². The van der Waals surface area contributed by atoms with Gasteiger partial charge in [-0.1, -0.05) is 0 Å². The van der Waals surface area contributed by atoms with Crippen LogP contribution in [0, 0.1) is 0 Å². The van der Waals surface area contributed by atoms with Gasteiger partial charge < -0.3 is 14.4 Å². The van der Waals surface area contributed by atoms with Crippen molar-refractivity contribution in [2.24, 2.45) is 0 Å². The van der Waals surface area contributed by atoms with E-state index in [9.17, 15) is 14.4 Å². The van der Waals surface area contributed by atoms with E-state index in [0.29, 0.717) is 0 Å². The van der Waals surface area contributed by atoms with Gasteiger partial charge in [0.05, 0.1) is 6.61 Å². The van der Waals surface area contributed by atoms with Gasteiger partial charge in [0.15, 0.2) is 5.78 Å². The van der Waals surface area contributed by atoms with E-state index in [1.165, 1.54) is 30.7 Å². The molecule has 0 aromatic carbocycles. The molecule has 18 heavy (non-hydrogen) atoms. The minimum Gasteiger partial charge on any atom is -0.477 e. The molecule has 1 aromatic heterocycles. The molecular formula is C12H15NO5. The number of ketones is 1. The number of esters is 1. The zero-order valence-corrected chi connectivity index (χ0v) is 10.5. The van der Waals surface area contributed by atoms with Gasteiger partial charge in [0, 0.05) is 11.8 Å². The molecule has 0 bridgehead atoms. The molecule has 0 saturated heterocycles. The van der Waals surface area contributed by atoms with Crippen molar-refractivity contribution in [1.29, 1.82) is 0 Å². The number of Topliss-reactive ketones (excluding diaryl/α,β-unsaturated/α-hetero) is 1. The van der Waals surface area contributed by atoms with Gasteiger partial charge in [0.25, 0.3) is 0 Å². The molecule has 98 valence electrons. The third-order valence-electron chi connectivity index (χ3n) is 2.52. The second-order valence-electron chi connectivity index (χ2n) is 3.81. The lowest BCUT2D eigenvalue weighted by atomic mass is 10.2. The molecule has 1 unspecified atom stereocenters. The van der Waals surface area contributed by atoms with E-state index < -0.39 is 18.0 Å². The van der Waals surface area contributed by atoms with Gasteiger partial charge in [-0.3, -0.25) is 4.79 Å². The number of ether oxygens (including phenoxy) is 1. The topological polar surface area (TPSA) is 85.6 Å². The summed E-state index contributed by atoms with van der Waals surface area (Å²) in [5.41, 5.74) is 0.143. The summed E-state index contributed by atoms with van der Waals surface area (Å²) in [4.78, 5) is 33.9. The molecule has 0 radical (unpaired) electrons. The van der Waals surface area contributed by atoms with E-state index in [4.69, 9.17) is 9.84 Å². The first-order valence-electron chi connectivity index (χ1n) is 5.51. The van der Waals surface area contributed by atoms with Crippen LogP contribution in [0.1, 0.15) is 47.7 Å². The highest BCUT2D eigenvalue weighted by molar-refractivity contribution is 5.97. The van der Waals surface area contributed by atoms with Gasteiger partial charge >= 0.3 is 11.9 Å². The number of nitrogens with zero attached hydrogens (tertiary/aromatic N) is 1. The van der Waals surface area contributed by atoms with Gasteiger partial charge in [-0.25, -0.2) is 9.59 Å². The quantitative estimate of drug-likeness (QED) is 0.635. The van der Waals surface area contributed by atoms with E-state index in [1.807, 2.05) is 0 Å². The molecule has 1 aromatic rings. The Hall–Kier alpha value is -2.11. The zero-order chi connectivity index (χ0) is 13.9. The SMILES string of the molecule is CCOC(=O)C(C)n1cc(C(C)=O)cc1C(=O)O. The van der Waals surface area contributed by atoms with Crippen LogP contribution in [-0.4, -0.2) is 34.0 Å². The molecule has 1 heterocycles. The first-order valence-corrected chi connectivity index (χ1v) is 5.51.